The second-order valence-corrected chi connectivity index (χ2v) is 7.83. The van der Waals surface area contributed by atoms with E-state index >= 15 is 0 Å². The first-order valence-corrected chi connectivity index (χ1v) is 10.4. The first kappa shape index (κ1) is 20.7. The van der Waals surface area contributed by atoms with E-state index in [1.54, 1.807) is 6.07 Å². The fourth-order valence-corrected chi connectivity index (χ4v) is 3.69. The van der Waals surface area contributed by atoms with Crippen LogP contribution >= 0.6 is 11.8 Å². The molecular weight excluding hydrogens is 380 g/mol. The average Bonchev–Trinajstić information content (AvgIpc) is 2.73. The fourth-order valence-electron chi connectivity index (χ4n) is 2.84. The van der Waals surface area contributed by atoms with Crippen molar-refractivity contribution in [1.82, 2.24) is 5.32 Å². The number of benzene rings is 3. The maximum atomic E-state index is 12.7. The van der Waals surface area contributed by atoms with Crippen LogP contribution in [0.3, 0.4) is 0 Å². The predicted molar refractivity (Wildman–Crippen MR) is 119 cm³/mol. The molecule has 0 saturated heterocycles. The van der Waals surface area contributed by atoms with Crippen LogP contribution < -0.4 is 10.6 Å². The summed E-state index contributed by atoms with van der Waals surface area (Å²) in [6.45, 7) is 4.50. The van der Waals surface area contributed by atoms with E-state index in [0.29, 0.717) is 12.1 Å². The van der Waals surface area contributed by atoms with Crippen LogP contribution in [-0.4, -0.2) is 17.6 Å². The third-order valence-corrected chi connectivity index (χ3v) is 5.60. The number of hydrogen-bond acceptors (Lipinski definition) is 3. The number of aryl methyl sites for hydroxylation is 2. The highest BCUT2D eigenvalue weighted by molar-refractivity contribution is 8.00. The van der Waals surface area contributed by atoms with Gasteiger partial charge in [0.1, 0.15) is 0 Å². The van der Waals surface area contributed by atoms with Crippen LogP contribution in [0.4, 0.5) is 5.69 Å². The minimum Gasteiger partial charge on any atom is -0.348 e. The van der Waals surface area contributed by atoms with Gasteiger partial charge in [-0.2, -0.15) is 0 Å². The van der Waals surface area contributed by atoms with Gasteiger partial charge in [0.25, 0.3) is 5.91 Å². The standard InChI is InChI=1S/C24H24N2O2S/c1-17-11-13-20(14-12-17)26-23(27)16-29-22-10-6-5-9-21(22)24(28)25-15-19-8-4-3-7-18(19)2/h3-14H,15-16H2,1-2H3,(H,25,28)(H,26,27). The van der Waals surface area contributed by atoms with E-state index in [4.69, 9.17) is 0 Å². The maximum Gasteiger partial charge on any atom is 0.252 e. The summed E-state index contributed by atoms with van der Waals surface area (Å²) < 4.78 is 0. The van der Waals surface area contributed by atoms with Crippen molar-refractivity contribution in [3.63, 3.8) is 0 Å². The summed E-state index contributed by atoms with van der Waals surface area (Å²) in [7, 11) is 0. The van der Waals surface area contributed by atoms with Crippen molar-refractivity contribution in [3.8, 4) is 0 Å². The number of carbonyl (C=O) groups is 2. The first-order valence-electron chi connectivity index (χ1n) is 9.44. The lowest BCUT2D eigenvalue weighted by Crippen LogP contribution is -2.24. The largest absolute Gasteiger partial charge is 0.348 e. The molecule has 0 radical (unpaired) electrons. The lowest BCUT2D eigenvalue weighted by molar-refractivity contribution is -0.113. The molecule has 0 heterocycles. The predicted octanol–water partition coefficient (Wildman–Crippen LogP) is 4.96. The first-order chi connectivity index (χ1) is 14.0. The molecule has 2 amide bonds. The van der Waals surface area contributed by atoms with Gasteiger partial charge in [-0.3, -0.25) is 9.59 Å². The minimum atomic E-state index is -0.143. The molecule has 3 rings (SSSR count). The molecule has 0 atom stereocenters. The number of amides is 2. The molecule has 0 aromatic heterocycles. The Balaban J connectivity index is 1.59. The zero-order valence-electron chi connectivity index (χ0n) is 16.6. The molecule has 0 aliphatic rings. The van der Waals surface area contributed by atoms with Crippen LogP contribution in [0.5, 0.6) is 0 Å². The van der Waals surface area contributed by atoms with E-state index in [1.807, 2.05) is 80.6 Å². The molecular formula is C24H24N2O2S. The molecule has 0 unspecified atom stereocenters. The van der Waals surface area contributed by atoms with Gasteiger partial charge in [-0.05, 0) is 49.2 Å². The molecule has 3 aromatic rings. The van der Waals surface area contributed by atoms with Crippen LogP contribution in [0.2, 0.25) is 0 Å². The number of hydrogen-bond donors (Lipinski definition) is 2. The Kier molecular flexibility index (Phi) is 7.09. The molecule has 0 fully saturated rings. The zero-order valence-corrected chi connectivity index (χ0v) is 17.4. The van der Waals surface area contributed by atoms with Gasteiger partial charge < -0.3 is 10.6 Å². The van der Waals surface area contributed by atoms with E-state index in [9.17, 15) is 9.59 Å². The molecule has 3 aromatic carbocycles. The van der Waals surface area contributed by atoms with E-state index in [-0.39, 0.29) is 17.6 Å². The summed E-state index contributed by atoms with van der Waals surface area (Å²) in [5, 5.41) is 5.86. The molecule has 148 valence electrons. The molecule has 29 heavy (non-hydrogen) atoms. The van der Waals surface area contributed by atoms with Gasteiger partial charge in [0.05, 0.1) is 11.3 Å². The molecule has 2 N–H and O–H groups in total. The van der Waals surface area contributed by atoms with Crippen LogP contribution in [0.15, 0.2) is 77.7 Å². The van der Waals surface area contributed by atoms with Crippen LogP contribution in [0.1, 0.15) is 27.0 Å². The second-order valence-electron chi connectivity index (χ2n) is 6.81. The summed E-state index contributed by atoms with van der Waals surface area (Å²) in [5.74, 6) is -0.0139. The molecule has 4 nitrogen and oxygen atoms in total. The molecule has 0 aliphatic heterocycles. The fraction of sp³-hybridized carbons (Fsp3) is 0.167. The average molecular weight is 405 g/mol. The van der Waals surface area contributed by atoms with Gasteiger partial charge in [-0.1, -0.05) is 54.1 Å². The SMILES string of the molecule is Cc1ccc(NC(=O)CSc2ccccc2C(=O)NCc2ccccc2C)cc1. The number of thioether (sulfide) groups is 1. The quantitative estimate of drug-likeness (QED) is 0.547. The number of anilines is 1. The number of nitrogens with one attached hydrogen (secondary N) is 2. The Morgan fingerprint density at radius 2 is 1.55 bits per heavy atom. The Labute approximate surface area is 175 Å². The third kappa shape index (κ3) is 5.96. The highest BCUT2D eigenvalue weighted by Gasteiger charge is 2.13. The highest BCUT2D eigenvalue weighted by Crippen LogP contribution is 2.23. The smallest absolute Gasteiger partial charge is 0.252 e. The van der Waals surface area contributed by atoms with Crippen molar-refractivity contribution in [2.45, 2.75) is 25.3 Å². The van der Waals surface area contributed by atoms with Crippen molar-refractivity contribution >= 4 is 29.3 Å². The number of rotatable bonds is 7. The molecule has 0 bridgehead atoms. The Hall–Kier alpha value is -3.05. The lowest BCUT2D eigenvalue weighted by Gasteiger charge is -2.11. The Morgan fingerprint density at radius 3 is 2.31 bits per heavy atom. The minimum absolute atomic E-state index is 0.103. The van der Waals surface area contributed by atoms with E-state index in [0.717, 1.165) is 27.3 Å². The second kappa shape index (κ2) is 9.94. The van der Waals surface area contributed by atoms with Crippen LogP contribution in [0.25, 0.3) is 0 Å². The highest BCUT2D eigenvalue weighted by atomic mass is 32.2. The zero-order chi connectivity index (χ0) is 20.6. The lowest BCUT2D eigenvalue weighted by atomic mass is 10.1. The van der Waals surface area contributed by atoms with E-state index in [2.05, 4.69) is 10.6 Å². The molecule has 0 aliphatic carbocycles. The maximum absolute atomic E-state index is 12.7. The van der Waals surface area contributed by atoms with Gasteiger partial charge in [0, 0.05) is 17.1 Å². The van der Waals surface area contributed by atoms with Crippen molar-refractivity contribution in [2.24, 2.45) is 0 Å². The number of carbonyl (C=O) groups excluding carboxylic acids is 2. The molecule has 0 saturated carbocycles. The summed E-state index contributed by atoms with van der Waals surface area (Å²) in [5.41, 5.74) is 4.72. The van der Waals surface area contributed by atoms with Crippen molar-refractivity contribution < 1.29 is 9.59 Å². The van der Waals surface area contributed by atoms with Crippen LogP contribution in [0, 0.1) is 13.8 Å². The van der Waals surface area contributed by atoms with Gasteiger partial charge in [-0.15, -0.1) is 11.8 Å². The normalized spacial score (nSPS) is 10.4. The van der Waals surface area contributed by atoms with E-state index < -0.39 is 0 Å². The van der Waals surface area contributed by atoms with Gasteiger partial charge in [-0.25, -0.2) is 0 Å². The summed E-state index contributed by atoms with van der Waals surface area (Å²) in [6.07, 6.45) is 0. The van der Waals surface area contributed by atoms with E-state index in [1.165, 1.54) is 11.8 Å². The molecule has 5 heteroatoms. The summed E-state index contributed by atoms with van der Waals surface area (Å²) >= 11 is 1.36. The van der Waals surface area contributed by atoms with Crippen molar-refractivity contribution in [1.29, 1.82) is 0 Å². The third-order valence-electron chi connectivity index (χ3n) is 4.53. The van der Waals surface area contributed by atoms with Crippen molar-refractivity contribution in [3.05, 3.63) is 95.1 Å². The monoisotopic (exact) mass is 404 g/mol. The Morgan fingerprint density at radius 1 is 0.862 bits per heavy atom. The molecule has 0 spiro atoms. The van der Waals surface area contributed by atoms with Crippen LogP contribution in [-0.2, 0) is 11.3 Å². The van der Waals surface area contributed by atoms with Crippen molar-refractivity contribution in [2.75, 3.05) is 11.1 Å². The summed E-state index contributed by atoms with van der Waals surface area (Å²) in [6, 6.07) is 23.0. The van der Waals surface area contributed by atoms with Gasteiger partial charge >= 0.3 is 0 Å². The topological polar surface area (TPSA) is 58.2 Å². The van der Waals surface area contributed by atoms with Gasteiger partial charge in [0.2, 0.25) is 5.91 Å². The Bertz CT molecular complexity index is 1000. The van der Waals surface area contributed by atoms with Gasteiger partial charge in [0.15, 0.2) is 0 Å². The summed E-state index contributed by atoms with van der Waals surface area (Å²) in [4.78, 5) is 25.7.